The van der Waals surface area contributed by atoms with Gasteiger partial charge >= 0.3 is 0 Å². The van der Waals surface area contributed by atoms with E-state index in [1.807, 2.05) is 25.1 Å². The minimum atomic E-state index is -0.378. The van der Waals surface area contributed by atoms with Gasteiger partial charge in [-0.1, -0.05) is 12.1 Å². The summed E-state index contributed by atoms with van der Waals surface area (Å²) in [5.74, 6) is -0.0455. The van der Waals surface area contributed by atoms with Crippen molar-refractivity contribution in [2.24, 2.45) is 0 Å². The number of nitrogens with zero attached hydrogens (tertiary/aromatic N) is 1. The van der Waals surface area contributed by atoms with E-state index in [0.717, 1.165) is 23.5 Å². The molecule has 3 rings (SSSR count). The van der Waals surface area contributed by atoms with Crippen molar-refractivity contribution >= 4 is 27.5 Å². The number of aromatic nitrogens is 1. The number of carbonyl (C=O) groups excluding carboxylic acids is 1. The average Bonchev–Trinajstić information content (AvgIpc) is 2.90. The summed E-state index contributed by atoms with van der Waals surface area (Å²) in [5, 5.41) is 7.21. The molecule has 1 aliphatic heterocycles. The number of fused-ring (bicyclic) bond motifs is 1. The average molecular weight is 305 g/mol. The van der Waals surface area contributed by atoms with Crippen LogP contribution in [0.1, 0.15) is 11.9 Å². The summed E-state index contributed by atoms with van der Waals surface area (Å²) in [4.78, 5) is 16.7. The molecule has 2 aromatic rings. The third-order valence-corrected chi connectivity index (χ3v) is 4.49. The molecule has 1 amide bonds. The molecule has 21 heavy (non-hydrogen) atoms. The second kappa shape index (κ2) is 6.51. The minimum absolute atomic E-state index is 0.0450. The maximum Gasteiger partial charge on any atom is 0.250 e. The predicted molar refractivity (Wildman–Crippen MR) is 83.5 cm³/mol. The van der Waals surface area contributed by atoms with Crippen molar-refractivity contribution in [3.05, 3.63) is 29.3 Å². The Hall–Kier alpha value is -1.50. The Balaban J connectivity index is 1.57. The highest BCUT2D eigenvalue weighted by Gasteiger charge is 2.23. The number of rotatable bonds is 4. The van der Waals surface area contributed by atoms with Gasteiger partial charge < -0.3 is 15.4 Å². The predicted octanol–water partition coefficient (Wildman–Crippen LogP) is 1.33. The van der Waals surface area contributed by atoms with Crippen LogP contribution in [0.5, 0.6) is 0 Å². The Labute approximate surface area is 127 Å². The normalized spacial score (nSPS) is 20.3. The van der Waals surface area contributed by atoms with E-state index in [4.69, 9.17) is 4.74 Å². The molecule has 1 saturated heterocycles. The number of thiazole rings is 1. The number of nitrogens with one attached hydrogen (secondary N) is 2. The minimum Gasteiger partial charge on any atom is -0.366 e. The third-order valence-electron chi connectivity index (χ3n) is 3.43. The number of hydrogen-bond donors (Lipinski definition) is 2. The highest BCUT2D eigenvalue weighted by Crippen LogP contribution is 2.22. The quantitative estimate of drug-likeness (QED) is 0.894. The van der Waals surface area contributed by atoms with Crippen molar-refractivity contribution in [3.63, 3.8) is 0 Å². The van der Waals surface area contributed by atoms with Crippen molar-refractivity contribution in [3.8, 4) is 0 Å². The van der Waals surface area contributed by atoms with Crippen molar-refractivity contribution in [2.45, 2.75) is 25.5 Å². The van der Waals surface area contributed by atoms with E-state index in [1.54, 1.807) is 11.3 Å². The van der Waals surface area contributed by atoms with Crippen LogP contribution in [0.4, 0.5) is 0 Å². The standard InChI is InChI=1S/C15H19N3O2S/c1-10(17-15(19)12-9-16-6-7-20-12)8-14-18-11-4-2-3-5-13(11)21-14/h2-5,10,12,16H,6-9H2,1H3,(H,17,19). The highest BCUT2D eigenvalue weighted by molar-refractivity contribution is 7.18. The second-order valence-electron chi connectivity index (χ2n) is 5.25. The fourth-order valence-corrected chi connectivity index (χ4v) is 3.49. The zero-order valence-electron chi connectivity index (χ0n) is 12.0. The van der Waals surface area contributed by atoms with Crippen molar-refractivity contribution in [2.75, 3.05) is 19.7 Å². The summed E-state index contributed by atoms with van der Waals surface area (Å²) in [6, 6.07) is 8.14. The number of para-hydroxylation sites is 1. The smallest absolute Gasteiger partial charge is 0.250 e. The molecule has 0 aliphatic carbocycles. The van der Waals surface area contributed by atoms with Crippen LogP contribution < -0.4 is 10.6 Å². The van der Waals surface area contributed by atoms with Gasteiger partial charge in [0.1, 0.15) is 6.10 Å². The first-order valence-corrected chi connectivity index (χ1v) is 8.01. The number of amides is 1. The third kappa shape index (κ3) is 3.58. The van der Waals surface area contributed by atoms with E-state index in [-0.39, 0.29) is 18.1 Å². The molecule has 1 aliphatic rings. The van der Waals surface area contributed by atoms with Gasteiger partial charge in [-0.3, -0.25) is 4.79 Å². The molecule has 0 radical (unpaired) electrons. The molecule has 112 valence electrons. The van der Waals surface area contributed by atoms with Gasteiger partial charge in [-0.05, 0) is 19.1 Å². The largest absolute Gasteiger partial charge is 0.366 e. The summed E-state index contributed by atoms with van der Waals surface area (Å²) in [6.07, 6.45) is 0.363. The van der Waals surface area contributed by atoms with Crippen LogP contribution in [0.15, 0.2) is 24.3 Å². The maximum absolute atomic E-state index is 12.1. The monoisotopic (exact) mass is 305 g/mol. The molecule has 0 saturated carbocycles. The molecular formula is C15H19N3O2S. The first-order chi connectivity index (χ1) is 10.2. The van der Waals surface area contributed by atoms with Gasteiger partial charge in [0, 0.05) is 25.6 Å². The van der Waals surface area contributed by atoms with Crippen LogP contribution in [-0.4, -0.2) is 42.7 Å². The molecule has 1 fully saturated rings. The van der Waals surface area contributed by atoms with Gasteiger partial charge in [0.25, 0.3) is 5.91 Å². The first-order valence-electron chi connectivity index (χ1n) is 7.19. The van der Waals surface area contributed by atoms with E-state index in [2.05, 4.69) is 21.7 Å². The molecule has 0 spiro atoms. The molecule has 0 bridgehead atoms. The number of carbonyl (C=O) groups is 1. The SMILES string of the molecule is CC(Cc1nc2ccccc2s1)NC(=O)C1CNCCO1. The summed E-state index contributed by atoms with van der Waals surface area (Å²) in [6.45, 7) is 3.98. The molecule has 2 unspecified atom stereocenters. The Kier molecular flexibility index (Phi) is 4.48. The first kappa shape index (κ1) is 14.4. The Morgan fingerprint density at radius 2 is 2.43 bits per heavy atom. The lowest BCUT2D eigenvalue weighted by atomic mass is 10.2. The topological polar surface area (TPSA) is 63.2 Å². The van der Waals surface area contributed by atoms with Gasteiger partial charge in [-0.2, -0.15) is 0 Å². The van der Waals surface area contributed by atoms with Gasteiger partial charge in [-0.25, -0.2) is 4.98 Å². The molecule has 1 aromatic heterocycles. The second-order valence-corrected chi connectivity index (χ2v) is 6.37. The molecule has 1 aromatic carbocycles. The van der Waals surface area contributed by atoms with E-state index >= 15 is 0 Å². The van der Waals surface area contributed by atoms with Gasteiger partial charge in [0.2, 0.25) is 0 Å². The van der Waals surface area contributed by atoms with E-state index < -0.39 is 0 Å². The molecule has 2 N–H and O–H groups in total. The number of morpholine rings is 1. The lowest BCUT2D eigenvalue weighted by molar-refractivity contribution is -0.134. The van der Waals surface area contributed by atoms with Crippen LogP contribution >= 0.6 is 11.3 Å². The molecule has 2 atom stereocenters. The van der Waals surface area contributed by atoms with Crippen molar-refractivity contribution in [1.29, 1.82) is 0 Å². The van der Waals surface area contributed by atoms with Crippen LogP contribution in [0, 0.1) is 0 Å². The molecule has 2 heterocycles. The lowest BCUT2D eigenvalue weighted by Gasteiger charge is -2.24. The fourth-order valence-electron chi connectivity index (χ4n) is 2.39. The van der Waals surface area contributed by atoms with Crippen LogP contribution in [0.25, 0.3) is 10.2 Å². The van der Waals surface area contributed by atoms with Crippen molar-refractivity contribution in [1.82, 2.24) is 15.6 Å². The van der Waals surface area contributed by atoms with E-state index in [1.165, 1.54) is 4.70 Å². The maximum atomic E-state index is 12.1. The molecular weight excluding hydrogens is 286 g/mol. The molecule has 6 heteroatoms. The van der Waals surface area contributed by atoms with Crippen LogP contribution in [0.2, 0.25) is 0 Å². The zero-order valence-corrected chi connectivity index (χ0v) is 12.8. The number of ether oxygens (including phenoxy) is 1. The van der Waals surface area contributed by atoms with E-state index in [0.29, 0.717) is 13.2 Å². The Morgan fingerprint density at radius 1 is 1.57 bits per heavy atom. The molecule has 5 nitrogen and oxygen atoms in total. The van der Waals surface area contributed by atoms with Crippen LogP contribution in [-0.2, 0) is 16.0 Å². The highest BCUT2D eigenvalue weighted by atomic mass is 32.1. The Morgan fingerprint density at radius 3 is 3.19 bits per heavy atom. The van der Waals surface area contributed by atoms with Gasteiger partial charge in [0.05, 0.1) is 21.8 Å². The van der Waals surface area contributed by atoms with Gasteiger partial charge in [-0.15, -0.1) is 11.3 Å². The fraction of sp³-hybridized carbons (Fsp3) is 0.467. The lowest BCUT2D eigenvalue weighted by Crippen LogP contribution is -2.50. The zero-order chi connectivity index (χ0) is 14.7. The Bertz CT molecular complexity index is 589. The summed E-state index contributed by atoms with van der Waals surface area (Å²) in [5.41, 5.74) is 1.02. The van der Waals surface area contributed by atoms with Crippen molar-refractivity contribution < 1.29 is 9.53 Å². The van der Waals surface area contributed by atoms with Crippen LogP contribution in [0.3, 0.4) is 0 Å². The summed E-state index contributed by atoms with van der Waals surface area (Å²) in [7, 11) is 0. The summed E-state index contributed by atoms with van der Waals surface area (Å²) < 4.78 is 6.64. The summed E-state index contributed by atoms with van der Waals surface area (Å²) >= 11 is 1.68. The number of benzene rings is 1. The van der Waals surface area contributed by atoms with Gasteiger partial charge in [0.15, 0.2) is 0 Å². The van der Waals surface area contributed by atoms with E-state index in [9.17, 15) is 4.79 Å². The number of hydrogen-bond acceptors (Lipinski definition) is 5.